The molecule has 0 saturated heterocycles. The SMILES string of the molecule is O=S(=O)(Nc1nc[n+]([O-])s1)c1ccc2c(c1)OCN2C(c1ccccc1)c1ccccc1. The number of hydrogen-bond donors (Lipinski definition) is 1. The van der Waals surface area contributed by atoms with Gasteiger partial charge in [0.15, 0.2) is 6.73 Å². The highest BCUT2D eigenvalue weighted by molar-refractivity contribution is 7.93. The summed E-state index contributed by atoms with van der Waals surface area (Å²) in [6.07, 6.45) is 1.000. The average molecular weight is 467 g/mol. The second kappa shape index (κ2) is 8.13. The summed E-state index contributed by atoms with van der Waals surface area (Å²) in [7, 11) is -3.92. The van der Waals surface area contributed by atoms with Crippen LogP contribution < -0.4 is 18.5 Å². The molecule has 0 aliphatic carbocycles. The van der Waals surface area contributed by atoms with Gasteiger partial charge in [0.1, 0.15) is 17.3 Å². The molecule has 0 bridgehead atoms. The number of ether oxygens (including phenoxy) is 1. The van der Waals surface area contributed by atoms with Gasteiger partial charge in [0.05, 0.1) is 16.6 Å². The molecule has 162 valence electrons. The molecule has 5 rings (SSSR count). The normalized spacial score (nSPS) is 13.1. The van der Waals surface area contributed by atoms with Gasteiger partial charge in [-0.25, -0.2) is 13.1 Å². The van der Waals surface area contributed by atoms with Gasteiger partial charge in [-0.15, -0.1) is 0 Å². The van der Waals surface area contributed by atoms with Crippen LogP contribution in [-0.2, 0) is 10.0 Å². The minimum atomic E-state index is -3.92. The highest BCUT2D eigenvalue weighted by atomic mass is 32.2. The number of hydrogen-bond acceptors (Lipinski definition) is 7. The Morgan fingerprint density at radius 2 is 1.69 bits per heavy atom. The van der Waals surface area contributed by atoms with Crippen LogP contribution in [0.25, 0.3) is 0 Å². The summed E-state index contributed by atoms with van der Waals surface area (Å²) in [6.45, 7) is 0.281. The Morgan fingerprint density at radius 1 is 1.03 bits per heavy atom. The molecule has 2 heterocycles. The number of nitrogens with zero attached hydrogens (tertiary/aromatic N) is 3. The lowest BCUT2D eigenvalue weighted by Crippen LogP contribution is -2.28. The van der Waals surface area contributed by atoms with Gasteiger partial charge in [0.2, 0.25) is 0 Å². The van der Waals surface area contributed by atoms with Crippen molar-refractivity contribution in [2.75, 3.05) is 16.4 Å². The van der Waals surface area contributed by atoms with E-state index in [1.54, 1.807) is 6.07 Å². The molecule has 1 aromatic heterocycles. The Bertz CT molecular complexity index is 1310. The second-order valence-corrected chi connectivity index (χ2v) is 9.74. The predicted octanol–water partition coefficient (Wildman–Crippen LogP) is 3.52. The molecule has 1 aliphatic heterocycles. The molecule has 0 unspecified atom stereocenters. The van der Waals surface area contributed by atoms with Crippen molar-refractivity contribution in [3.8, 4) is 5.75 Å². The summed E-state index contributed by atoms with van der Waals surface area (Å²) in [5.74, 6) is 0.475. The van der Waals surface area contributed by atoms with Crippen molar-refractivity contribution in [1.82, 2.24) is 4.98 Å². The van der Waals surface area contributed by atoms with Crippen LogP contribution in [0.4, 0.5) is 10.8 Å². The molecule has 8 nitrogen and oxygen atoms in total. The summed E-state index contributed by atoms with van der Waals surface area (Å²) in [6, 6.07) is 24.8. The average Bonchev–Trinajstić information content (AvgIpc) is 3.41. The quantitative estimate of drug-likeness (QED) is 0.345. The lowest BCUT2D eigenvalue weighted by Gasteiger charge is -2.29. The van der Waals surface area contributed by atoms with Crippen LogP contribution in [0.1, 0.15) is 17.2 Å². The van der Waals surface area contributed by atoms with Gasteiger partial charge in [0.25, 0.3) is 10.0 Å². The molecule has 0 atom stereocenters. The van der Waals surface area contributed by atoms with Crippen LogP contribution in [-0.4, -0.2) is 20.1 Å². The molecular formula is C22H18N4O4S2. The fourth-order valence-corrected chi connectivity index (χ4v) is 5.46. The van der Waals surface area contributed by atoms with E-state index in [1.165, 1.54) is 12.1 Å². The maximum Gasteiger partial charge on any atom is 0.348 e. The molecule has 3 aromatic carbocycles. The summed E-state index contributed by atoms with van der Waals surface area (Å²) < 4.78 is 34.2. The Labute approximate surface area is 189 Å². The van der Waals surface area contributed by atoms with E-state index in [-0.39, 0.29) is 22.8 Å². The zero-order chi connectivity index (χ0) is 22.1. The van der Waals surface area contributed by atoms with Crippen LogP contribution >= 0.6 is 11.5 Å². The van der Waals surface area contributed by atoms with Crippen molar-refractivity contribution >= 4 is 32.4 Å². The van der Waals surface area contributed by atoms with Crippen molar-refractivity contribution in [2.45, 2.75) is 10.9 Å². The smallest absolute Gasteiger partial charge is 0.348 e. The van der Waals surface area contributed by atoms with E-state index in [4.69, 9.17) is 4.74 Å². The predicted molar refractivity (Wildman–Crippen MR) is 121 cm³/mol. The highest BCUT2D eigenvalue weighted by Crippen LogP contribution is 2.42. The molecule has 0 radical (unpaired) electrons. The number of rotatable bonds is 6. The minimum absolute atomic E-state index is 0.00346. The lowest BCUT2D eigenvalue weighted by atomic mass is 9.97. The molecule has 32 heavy (non-hydrogen) atoms. The van der Waals surface area contributed by atoms with Crippen LogP contribution in [0, 0.1) is 5.21 Å². The molecule has 10 heteroatoms. The van der Waals surface area contributed by atoms with Crippen LogP contribution in [0.15, 0.2) is 90.1 Å². The third-order valence-corrected chi connectivity index (χ3v) is 7.24. The number of nitrogens with one attached hydrogen (secondary N) is 1. The van der Waals surface area contributed by atoms with Gasteiger partial charge in [-0.1, -0.05) is 60.7 Å². The number of aromatic nitrogens is 2. The zero-order valence-corrected chi connectivity index (χ0v) is 18.3. The molecular weight excluding hydrogens is 448 g/mol. The fraction of sp³-hybridized carbons (Fsp3) is 0.0909. The van der Waals surface area contributed by atoms with Crippen molar-refractivity contribution in [1.29, 1.82) is 0 Å². The van der Waals surface area contributed by atoms with Gasteiger partial charge < -0.3 is 14.8 Å². The van der Waals surface area contributed by atoms with Crippen molar-refractivity contribution in [3.63, 3.8) is 0 Å². The van der Waals surface area contributed by atoms with E-state index in [2.05, 4.69) is 38.9 Å². The minimum Gasteiger partial charge on any atom is -0.700 e. The van der Waals surface area contributed by atoms with E-state index in [9.17, 15) is 13.6 Å². The number of fused-ring (bicyclic) bond motifs is 1. The van der Waals surface area contributed by atoms with Crippen LogP contribution in [0.5, 0.6) is 5.75 Å². The third-order valence-electron chi connectivity index (χ3n) is 5.12. The van der Waals surface area contributed by atoms with E-state index >= 15 is 0 Å². The van der Waals surface area contributed by atoms with Gasteiger partial charge in [-0.05, 0) is 28.2 Å². The first-order valence-electron chi connectivity index (χ1n) is 9.73. The topological polar surface area (TPSA) is 98.5 Å². The maximum absolute atomic E-state index is 12.7. The zero-order valence-electron chi connectivity index (χ0n) is 16.7. The Kier molecular flexibility index (Phi) is 5.16. The van der Waals surface area contributed by atoms with Crippen LogP contribution in [0.2, 0.25) is 0 Å². The first kappa shape index (κ1) is 20.3. The molecule has 0 amide bonds. The van der Waals surface area contributed by atoms with Gasteiger partial charge in [-0.2, -0.15) is 4.12 Å². The summed E-state index contributed by atoms with van der Waals surface area (Å²) in [5.41, 5.74) is 3.00. The number of benzene rings is 3. The molecule has 0 fully saturated rings. The Hall–Kier alpha value is -3.63. The Balaban J connectivity index is 1.49. The lowest BCUT2D eigenvalue weighted by molar-refractivity contribution is -0.532. The van der Waals surface area contributed by atoms with E-state index < -0.39 is 10.0 Å². The van der Waals surface area contributed by atoms with E-state index in [1.807, 2.05) is 36.4 Å². The molecule has 0 spiro atoms. The summed E-state index contributed by atoms with van der Waals surface area (Å²) in [5, 5.41) is 11.2. The van der Waals surface area contributed by atoms with Gasteiger partial charge >= 0.3 is 11.5 Å². The first-order valence-corrected chi connectivity index (χ1v) is 12.0. The largest absolute Gasteiger partial charge is 0.700 e. The highest BCUT2D eigenvalue weighted by Gasteiger charge is 2.31. The molecule has 4 aromatic rings. The van der Waals surface area contributed by atoms with Gasteiger partial charge in [-0.3, -0.25) is 0 Å². The van der Waals surface area contributed by atoms with Crippen molar-refractivity contribution in [3.05, 3.63) is 102 Å². The van der Waals surface area contributed by atoms with E-state index in [0.717, 1.165) is 23.1 Å². The second-order valence-electron chi connectivity index (χ2n) is 7.13. The maximum atomic E-state index is 12.7. The monoisotopic (exact) mass is 466 g/mol. The van der Waals surface area contributed by atoms with Gasteiger partial charge in [0, 0.05) is 6.07 Å². The first-order chi connectivity index (χ1) is 15.5. The third kappa shape index (κ3) is 3.85. The number of anilines is 2. The van der Waals surface area contributed by atoms with E-state index in [0.29, 0.717) is 21.4 Å². The molecule has 1 N–H and O–H groups in total. The standard InChI is InChI=1S/C22H18N4O4S2/c27-26-14-23-22(31-26)24-32(28,29)18-11-12-19-20(13-18)30-15-25(19)21(16-7-3-1-4-8-16)17-9-5-2-6-10-17/h1-14,21H,15H2,(H,23,24). The van der Waals surface area contributed by atoms with Crippen LogP contribution in [0.3, 0.4) is 0 Å². The summed E-state index contributed by atoms with van der Waals surface area (Å²) in [4.78, 5) is 5.87. The number of sulfonamides is 1. The molecule has 0 saturated carbocycles. The summed E-state index contributed by atoms with van der Waals surface area (Å²) >= 11 is 0.655. The van der Waals surface area contributed by atoms with Crippen molar-refractivity contribution < 1.29 is 17.3 Å². The fourth-order valence-electron chi connectivity index (χ4n) is 3.71. The van der Waals surface area contributed by atoms with Crippen molar-refractivity contribution in [2.24, 2.45) is 0 Å². The Morgan fingerprint density at radius 3 is 2.28 bits per heavy atom. The molecule has 1 aliphatic rings.